The van der Waals surface area contributed by atoms with E-state index in [1.54, 1.807) is 25.1 Å². The highest BCUT2D eigenvalue weighted by Crippen LogP contribution is 2.14. The molecule has 1 unspecified atom stereocenters. The first kappa shape index (κ1) is 21.7. The van der Waals surface area contributed by atoms with Gasteiger partial charge in [-0.2, -0.15) is 0 Å². The maximum atomic E-state index is 12.2. The molecule has 28 heavy (non-hydrogen) atoms. The van der Waals surface area contributed by atoms with Crippen molar-refractivity contribution in [2.75, 3.05) is 5.32 Å². The van der Waals surface area contributed by atoms with Crippen molar-refractivity contribution in [2.24, 2.45) is 0 Å². The standard InChI is InChI=1S/C20H23N3O3S2/c1-3-15(2)23-28(25,26)18-12-10-17(11-13-18)21-20(27)22-19(24)14-9-16-7-5-4-6-8-16/h4-15,23H,3H2,1-2H3,(H2,21,22,24,27)/b14-9+. The Kier molecular flexibility index (Phi) is 7.86. The van der Waals surface area contributed by atoms with E-state index in [-0.39, 0.29) is 22.0 Å². The number of anilines is 1. The van der Waals surface area contributed by atoms with Crippen molar-refractivity contribution in [1.82, 2.24) is 10.0 Å². The van der Waals surface area contributed by atoms with Gasteiger partial charge in [0.15, 0.2) is 5.11 Å². The molecule has 0 heterocycles. The summed E-state index contributed by atoms with van der Waals surface area (Å²) in [6, 6.07) is 15.4. The van der Waals surface area contributed by atoms with Crippen molar-refractivity contribution in [3.8, 4) is 0 Å². The van der Waals surface area contributed by atoms with E-state index in [1.165, 1.54) is 18.2 Å². The van der Waals surface area contributed by atoms with Crippen molar-refractivity contribution in [1.29, 1.82) is 0 Å². The van der Waals surface area contributed by atoms with Gasteiger partial charge in [0.2, 0.25) is 15.9 Å². The predicted octanol–water partition coefficient (Wildman–Crippen LogP) is 3.29. The van der Waals surface area contributed by atoms with E-state index in [4.69, 9.17) is 12.2 Å². The van der Waals surface area contributed by atoms with Gasteiger partial charge >= 0.3 is 0 Å². The van der Waals surface area contributed by atoms with Crippen molar-refractivity contribution < 1.29 is 13.2 Å². The molecule has 3 N–H and O–H groups in total. The molecule has 8 heteroatoms. The molecule has 0 aliphatic carbocycles. The molecular formula is C20H23N3O3S2. The SMILES string of the molecule is CCC(C)NS(=O)(=O)c1ccc(NC(=S)NC(=O)/C=C/c2ccccc2)cc1. The fourth-order valence-electron chi connectivity index (χ4n) is 2.19. The van der Waals surface area contributed by atoms with Gasteiger partial charge in [-0.15, -0.1) is 0 Å². The smallest absolute Gasteiger partial charge is 0.250 e. The Hall–Kier alpha value is -2.55. The summed E-state index contributed by atoms with van der Waals surface area (Å²) in [5, 5.41) is 5.51. The van der Waals surface area contributed by atoms with Crippen LogP contribution in [0.4, 0.5) is 5.69 Å². The van der Waals surface area contributed by atoms with Crippen LogP contribution < -0.4 is 15.4 Å². The second-order valence-electron chi connectivity index (χ2n) is 6.14. The predicted molar refractivity (Wildman–Crippen MR) is 116 cm³/mol. The summed E-state index contributed by atoms with van der Waals surface area (Å²) in [5.41, 5.74) is 1.47. The molecule has 0 saturated carbocycles. The van der Waals surface area contributed by atoms with Gasteiger partial charge in [0, 0.05) is 17.8 Å². The summed E-state index contributed by atoms with van der Waals surface area (Å²) in [4.78, 5) is 12.1. The molecule has 148 valence electrons. The lowest BCUT2D eigenvalue weighted by Gasteiger charge is -2.13. The number of carbonyl (C=O) groups excluding carboxylic acids is 1. The number of amides is 1. The maximum absolute atomic E-state index is 12.2. The number of sulfonamides is 1. The minimum absolute atomic E-state index is 0.121. The van der Waals surface area contributed by atoms with Crippen molar-refractivity contribution in [2.45, 2.75) is 31.2 Å². The van der Waals surface area contributed by atoms with Gasteiger partial charge in [-0.3, -0.25) is 10.1 Å². The quantitative estimate of drug-likeness (QED) is 0.475. The molecule has 0 spiro atoms. The number of thiocarbonyl (C=S) groups is 1. The molecule has 2 rings (SSSR count). The monoisotopic (exact) mass is 417 g/mol. The molecule has 6 nitrogen and oxygen atoms in total. The van der Waals surface area contributed by atoms with Gasteiger partial charge in [-0.1, -0.05) is 37.3 Å². The summed E-state index contributed by atoms with van der Waals surface area (Å²) in [7, 11) is -3.56. The molecule has 0 aromatic heterocycles. The van der Waals surface area contributed by atoms with Crippen LogP contribution in [0.1, 0.15) is 25.8 Å². The van der Waals surface area contributed by atoms with E-state index < -0.39 is 10.0 Å². The summed E-state index contributed by atoms with van der Waals surface area (Å²) < 4.78 is 27.1. The van der Waals surface area contributed by atoms with E-state index in [0.717, 1.165) is 5.56 Å². The van der Waals surface area contributed by atoms with Gasteiger partial charge < -0.3 is 5.32 Å². The summed E-state index contributed by atoms with van der Waals surface area (Å²) >= 11 is 5.11. The van der Waals surface area contributed by atoms with E-state index in [1.807, 2.05) is 37.3 Å². The Balaban J connectivity index is 1.92. The van der Waals surface area contributed by atoms with Gasteiger partial charge in [0.1, 0.15) is 0 Å². The van der Waals surface area contributed by atoms with Gasteiger partial charge in [-0.25, -0.2) is 13.1 Å². The zero-order valence-electron chi connectivity index (χ0n) is 15.7. The van der Waals surface area contributed by atoms with Gasteiger partial charge in [0.05, 0.1) is 4.90 Å². The Morgan fingerprint density at radius 1 is 1.11 bits per heavy atom. The van der Waals surface area contributed by atoms with Gasteiger partial charge in [0.25, 0.3) is 0 Å². The Bertz CT molecular complexity index is 940. The van der Waals surface area contributed by atoms with Crippen LogP contribution in [0.5, 0.6) is 0 Å². The number of benzene rings is 2. The Morgan fingerprint density at radius 2 is 1.75 bits per heavy atom. The second-order valence-corrected chi connectivity index (χ2v) is 8.26. The summed E-state index contributed by atoms with van der Waals surface area (Å²) in [6.45, 7) is 3.71. The van der Waals surface area contributed by atoms with Crippen molar-refractivity contribution in [3.05, 3.63) is 66.2 Å². The lowest BCUT2D eigenvalue weighted by molar-refractivity contribution is -0.115. The van der Waals surface area contributed by atoms with Crippen LogP contribution in [0.25, 0.3) is 6.08 Å². The van der Waals surface area contributed by atoms with E-state index in [9.17, 15) is 13.2 Å². The average molecular weight is 418 g/mol. The van der Waals surface area contributed by atoms with E-state index >= 15 is 0 Å². The van der Waals surface area contributed by atoms with Crippen LogP contribution in [0.3, 0.4) is 0 Å². The van der Waals surface area contributed by atoms with Crippen LogP contribution in [0, 0.1) is 0 Å². The topological polar surface area (TPSA) is 87.3 Å². The lowest BCUT2D eigenvalue weighted by atomic mass is 10.2. The number of carbonyl (C=O) groups is 1. The minimum Gasteiger partial charge on any atom is -0.332 e. The van der Waals surface area contributed by atoms with Crippen LogP contribution in [-0.2, 0) is 14.8 Å². The molecule has 0 aliphatic heterocycles. The second kappa shape index (κ2) is 10.1. The first-order valence-corrected chi connectivity index (χ1v) is 10.7. The lowest BCUT2D eigenvalue weighted by Crippen LogP contribution is -2.33. The highest BCUT2D eigenvalue weighted by molar-refractivity contribution is 7.89. The number of rotatable bonds is 7. The molecule has 0 aliphatic rings. The normalized spacial score (nSPS) is 12.5. The Labute approximate surface area is 171 Å². The number of hydrogen-bond donors (Lipinski definition) is 3. The van der Waals surface area contributed by atoms with Crippen LogP contribution in [-0.4, -0.2) is 25.5 Å². The third-order valence-electron chi connectivity index (χ3n) is 3.85. The number of hydrogen-bond acceptors (Lipinski definition) is 4. The first-order valence-electron chi connectivity index (χ1n) is 8.77. The molecule has 1 amide bonds. The molecule has 1 atom stereocenters. The maximum Gasteiger partial charge on any atom is 0.250 e. The fourth-order valence-corrected chi connectivity index (χ4v) is 3.73. The largest absolute Gasteiger partial charge is 0.332 e. The summed E-state index contributed by atoms with van der Waals surface area (Å²) in [5.74, 6) is -0.363. The molecule has 2 aromatic carbocycles. The molecule has 2 aromatic rings. The zero-order chi connectivity index (χ0) is 20.6. The van der Waals surface area contributed by atoms with Crippen molar-refractivity contribution >= 4 is 45.0 Å². The van der Waals surface area contributed by atoms with Gasteiger partial charge in [-0.05, 0) is 61.5 Å². The molecule has 0 radical (unpaired) electrons. The first-order chi connectivity index (χ1) is 13.3. The molecule has 0 bridgehead atoms. The van der Waals surface area contributed by atoms with Crippen LogP contribution >= 0.6 is 12.2 Å². The number of nitrogens with one attached hydrogen (secondary N) is 3. The highest BCUT2D eigenvalue weighted by Gasteiger charge is 2.16. The Morgan fingerprint density at radius 3 is 2.36 bits per heavy atom. The average Bonchev–Trinajstić information content (AvgIpc) is 2.67. The van der Waals surface area contributed by atoms with Crippen LogP contribution in [0.15, 0.2) is 65.6 Å². The zero-order valence-corrected chi connectivity index (χ0v) is 17.3. The van der Waals surface area contributed by atoms with E-state index in [2.05, 4.69) is 15.4 Å². The third kappa shape index (κ3) is 6.88. The molecule has 0 saturated heterocycles. The molecule has 0 fully saturated rings. The highest BCUT2D eigenvalue weighted by atomic mass is 32.2. The van der Waals surface area contributed by atoms with Crippen LogP contribution in [0.2, 0.25) is 0 Å². The molecular weight excluding hydrogens is 394 g/mol. The fraction of sp³-hybridized carbons (Fsp3) is 0.200. The summed E-state index contributed by atoms with van der Waals surface area (Å²) in [6.07, 6.45) is 3.77. The van der Waals surface area contributed by atoms with Crippen molar-refractivity contribution in [3.63, 3.8) is 0 Å². The third-order valence-corrected chi connectivity index (χ3v) is 5.66. The van der Waals surface area contributed by atoms with E-state index in [0.29, 0.717) is 12.1 Å². The minimum atomic E-state index is -3.56.